The lowest BCUT2D eigenvalue weighted by atomic mass is 10.2. The molecule has 1 aromatic heterocycles. The number of para-hydroxylation sites is 1. The van der Waals surface area contributed by atoms with E-state index in [4.69, 9.17) is 0 Å². The van der Waals surface area contributed by atoms with Gasteiger partial charge in [-0.3, -0.25) is 4.68 Å². The Bertz CT molecular complexity index is 407. The highest BCUT2D eigenvalue weighted by molar-refractivity contribution is 5.50. The van der Waals surface area contributed by atoms with Crippen LogP contribution in [0.5, 0.6) is 0 Å². The largest absolute Gasteiger partial charge is 0.385 e. The molecule has 2 aromatic rings. The van der Waals surface area contributed by atoms with Gasteiger partial charge in [0.25, 0.3) is 0 Å². The van der Waals surface area contributed by atoms with Crippen LogP contribution >= 0.6 is 0 Å². The summed E-state index contributed by atoms with van der Waals surface area (Å²) in [5, 5.41) is 7.55. The van der Waals surface area contributed by atoms with Crippen molar-refractivity contribution in [3.63, 3.8) is 0 Å². The van der Waals surface area contributed by atoms with Crippen molar-refractivity contribution in [2.24, 2.45) is 0 Å². The predicted octanol–water partition coefficient (Wildman–Crippen LogP) is 2.36. The van der Waals surface area contributed by atoms with Gasteiger partial charge in [0.15, 0.2) is 0 Å². The van der Waals surface area contributed by atoms with Crippen LogP contribution < -0.4 is 5.32 Å². The zero-order valence-electron chi connectivity index (χ0n) is 8.85. The number of hydrogen-bond donors (Lipinski definition) is 1. The number of rotatable bonds is 4. The maximum atomic E-state index is 4.20. The molecule has 0 spiro atoms. The molecule has 0 aliphatic rings. The van der Waals surface area contributed by atoms with E-state index in [0.717, 1.165) is 13.1 Å². The van der Waals surface area contributed by atoms with Crippen LogP contribution in [0.1, 0.15) is 12.5 Å². The van der Waals surface area contributed by atoms with Gasteiger partial charge >= 0.3 is 0 Å². The van der Waals surface area contributed by atoms with E-state index in [1.807, 2.05) is 23.0 Å². The lowest BCUT2D eigenvalue weighted by Crippen LogP contribution is -2.05. The summed E-state index contributed by atoms with van der Waals surface area (Å²) in [4.78, 5) is 0. The first-order chi connectivity index (χ1) is 7.40. The second-order valence-electron chi connectivity index (χ2n) is 3.39. The molecule has 0 unspecified atom stereocenters. The highest BCUT2D eigenvalue weighted by Crippen LogP contribution is 2.15. The molecule has 2 rings (SSSR count). The summed E-state index contributed by atoms with van der Waals surface area (Å²) in [5.74, 6) is 0. The van der Waals surface area contributed by atoms with Crippen molar-refractivity contribution in [2.45, 2.75) is 13.5 Å². The van der Waals surface area contributed by atoms with E-state index < -0.39 is 0 Å². The summed E-state index contributed by atoms with van der Waals surface area (Å²) in [7, 11) is 0. The Morgan fingerprint density at radius 3 is 2.87 bits per heavy atom. The SMILES string of the molecule is CCNc1ccccc1Cn1cccn1. The van der Waals surface area contributed by atoms with Crippen LogP contribution in [0.4, 0.5) is 5.69 Å². The maximum absolute atomic E-state index is 4.20. The Hall–Kier alpha value is -1.77. The van der Waals surface area contributed by atoms with Crippen LogP contribution in [-0.2, 0) is 6.54 Å². The van der Waals surface area contributed by atoms with E-state index in [-0.39, 0.29) is 0 Å². The summed E-state index contributed by atoms with van der Waals surface area (Å²) >= 11 is 0. The fourth-order valence-corrected chi connectivity index (χ4v) is 1.59. The molecule has 1 N–H and O–H groups in total. The van der Waals surface area contributed by atoms with Gasteiger partial charge in [-0.2, -0.15) is 5.10 Å². The number of benzene rings is 1. The van der Waals surface area contributed by atoms with Crippen molar-refractivity contribution in [1.82, 2.24) is 9.78 Å². The summed E-state index contributed by atoms with van der Waals surface area (Å²) in [6.45, 7) is 3.86. The molecule has 0 amide bonds. The molecule has 0 aliphatic heterocycles. The number of hydrogen-bond acceptors (Lipinski definition) is 2. The van der Waals surface area contributed by atoms with E-state index >= 15 is 0 Å². The Balaban J connectivity index is 2.20. The summed E-state index contributed by atoms with van der Waals surface area (Å²) in [6, 6.07) is 10.3. The van der Waals surface area contributed by atoms with Gasteiger partial charge in [-0.25, -0.2) is 0 Å². The van der Waals surface area contributed by atoms with Crippen molar-refractivity contribution in [1.29, 1.82) is 0 Å². The highest BCUT2D eigenvalue weighted by Gasteiger charge is 2.00. The van der Waals surface area contributed by atoms with E-state index in [9.17, 15) is 0 Å². The Labute approximate surface area is 89.7 Å². The maximum Gasteiger partial charge on any atom is 0.0679 e. The molecule has 0 saturated heterocycles. The minimum absolute atomic E-state index is 0.816. The van der Waals surface area contributed by atoms with Gasteiger partial charge in [-0.1, -0.05) is 18.2 Å². The van der Waals surface area contributed by atoms with Gasteiger partial charge in [0.1, 0.15) is 0 Å². The third-order valence-electron chi connectivity index (χ3n) is 2.28. The van der Waals surface area contributed by atoms with Crippen molar-refractivity contribution >= 4 is 5.69 Å². The second kappa shape index (κ2) is 4.64. The number of nitrogens with one attached hydrogen (secondary N) is 1. The van der Waals surface area contributed by atoms with Crippen LogP contribution in [-0.4, -0.2) is 16.3 Å². The van der Waals surface area contributed by atoms with E-state index in [0.29, 0.717) is 0 Å². The number of aromatic nitrogens is 2. The molecule has 0 aliphatic carbocycles. The number of nitrogens with zero attached hydrogens (tertiary/aromatic N) is 2. The minimum atomic E-state index is 0.816. The quantitative estimate of drug-likeness (QED) is 0.823. The number of anilines is 1. The van der Waals surface area contributed by atoms with Crippen molar-refractivity contribution in [2.75, 3.05) is 11.9 Å². The Kier molecular flexibility index (Phi) is 3.02. The van der Waals surface area contributed by atoms with Gasteiger partial charge in [0.05, 0.1) is 6.54 Å². The average Bonchev–Trinajstić information content (AvgIpc) is 2.74. The first-order valence-corrected chi connectivity index (χ1v) is 5.19. The lowest BCUT2D eigenvalue weighted by molar-refractivity contribution is 0.687. The molecule has 1 aromatic carbocycles. The molecular formula is C12H15N3. The molecule has 0 bridgehead atoms. The van der Waals surface area contributed by atoms with Gasteiger partial charge in [-0.05, 0) is 24.6 Å². The molecule has 15 heavy (non-hydrogen) atoms. The third kappa shape index (κ3) is 2.37. The minimum Gasteiger partial charge on any atom is -0.385 e. The van der Waals surface area contributed by atoms with E-state index in [1.165, 1.54) is 11.3 Å². The summed E-state index contributed by atoms with van der Waals surface area (Å²) < 4.78 is 1.93. The van der Waals surface area contributed by atoms with Crippen molar-refractivity contribution in [3.05, 3.63) is 48.3 Å². The smallest absolute Gasteiger partial charge is 0.0679 e. The fourth-order valence-electron chi connectivity index (χ4n) is 1.59. The monoisotopic (exact) mass is 201 g/mol. The van der Waals surface area contributed by atoms with E-state index in [1.54, 1.807) is 6.20 Å². The van der Waals surface area contributed by atoms with Crippen LogP contribution in [0.3, 0.4) is 0 Å². The van der Waals surface area contributed by atoms with Crippen LogP contribution in [0.2, 0.25) is 0 Å². The Morgan fingerprint density at radius 2 is 2.13 bits per heavy atom. The highest BCUT2D eigenvalue weighted by atomic mass is 15.3. The molecule has 0 fully saturated rings. The third-order valence-corrected chi connectivity index (χ3v) is 2.28. The van der Waals surface area contributed by atoms with Crippen molar-refractivity contribution in [3.8, 4) is 0 Å². The zero-order chi connectivity index (χ0) is 10.5. The standard InChI is InChI=1S/C12H15N3/c1-2-13-12-7-4-3-6-11(12)10-15-9-5-8-14-15/h3-9,13H,2,10H2,1H3. The van der Waals surface area contributed by atoms with Gasteiger partial charge in [0, 0.05) is 24.6 Å². The summed E-state index contributed by atoms with van der Waals surface area (Å²) in [6.07, 6.45) is 3.78. The van der Waals surface area contributed by atoms with Gasteiger partial charge in [-0.15, -0.1) is 0 Å². The molecule has 0 atom stereocenters. The van der Waals surface area contributed by atoms with Crippen LogP contribution in [0.25, 0.3) is 0 Å². The first-order valence-electron chi connectivity index (χ1n) is 5.19. The molecule has 78 valence electrons. The Morgan fingerprint density at radius 1 is 1.27 bits per heavy atom. The molecule has 3 heteroatoms. The normalized spacial score (nSPS) is 10.2. The molecule has 0 radical (unpaired) electrons. The van der Waals surface area contributed by atoms with E-state index in [2.05, 4.69) is 35.5 Å². The summed E-state index contributed by atoms with van der Waals surface area (Å²) in [5.41, 5.74) is 2.46. The van der Waals surface area contributed by atoms with Crippen LogP contribution in [0, 0.1) is 0 Å². The molecular weight excluding hydrogens is 186 g/mol. The molecule has 0 saturated carbocycles. The van der Waals surface area contributed by atoms with Crippen molar-refractivity contribution < 1.29 is 0 Å². The zero-order valence-corrected chi connectivity index (χ0v) is 8.85. The fraction of sp³-hybridized carbons (Fsp3) is 0.250. The predicted molar refractivity (Wildman–Crippen MR) is 61.9 cm³/mol. The van der Waals surface area contributed by atoms with Crippen LogP contribution in [0.15, 0.2) is 42.7 Å². The first kappa shape index (κ1) is 9.77. The molecule has 3 nitrogen and oxygen atoms in total. The molecule has 1 heterocycles. The second-order valence-corrected chi connectivity index (χ2v) is 3.39. The average molecular weight is 201 g/mol. The van der Waals surface area contributed by atoms with Gasteiger partial charge < -0.3 is 5.32 Å². The lowest BCUT2D eigenvalue weighted by Gasteiger charge is -2.10. The topological polar surface area (TPSA) is 29.9 Å². The van der Waals surface area contributed by atoms with Gasteiger partial charge in [0.2, 0.25) is 0 Å².